The molecule has 4 rings (SSSR count). The number of rotatable bonds is 8. The lowest BCUT2D eigenvalue weighted by Crippen LogP contribution is -2.45. The highest BCUT2D eigenvalue weighted by Crippen LogP contribution is 2.46. The van der Waals surface area contributed by atoms with Crippen molar-refractivity contribution in [2.45, 2.75) is 24.9 Å². The highest BCUT2D eigenvalue weighted by atomic mass is 35.5. The summed E-state index contributed by atoms with van der Waals surface area (Å²) in [6.45, 7) is 5.88. The molecule has 0 spiro atoms. The number of aliphatic hydroxyl groups is 1. The van der Waals surface area contributed by atoms with E-state index in [1.54, 1.807) is 7.11 Å². The van der Waals surface area contributed by atoms with E-state index in [0.717, 1.165) is 36.2 Å². The Morgan fingerprint density at radius 1 is 1.00 bits per heavy atom. The van der Waals surface area contributed by atoms with E-state index < -0.39 is 5.60 Å². The predicted octanol–water partition coefficient (Wildman–Crippen LogP) is 5.26. The number of ether oxygens (including phenoxy) is 2. The highest BCUT2D eigenvalue weighted by Gasteiger charge is 2.44. The lowest BCUT2D eigenvalue weighted by Gasteiger charge is -2.41. The maximum Gasteiger partial charge on any atom is 0.126 e. The second-order valence-corrected chi connectivity index (χ2v) is 8.97. The molecule has 0 unspecified atom stereocenters. The van der Waals surface area contributed by atoms with Crippen molar-refractivity contribution in [2.24, 2.45) is 0 Å². The van der Waals surface area contributed by atoms with Gasteiger partial charge in [-0.1, -0.05) is 73.1 Å². The Morgan fingerprint density at radius 3 is 2.30 bits per heavy atom. The van der Waals surface area contributed by atoms with Crippen LogP contribution in [0.15, 0.2) is 72.8 Å². The first-order valence-electron chi connectivity index (χ1n) is 11.6. The van der Waals surface area contributed by atoms with Gasteiger partial charge in [-0.05, 0) is 41.3 Å². The molecule has 1 aliphatic rings. The van der Waals surface area contributed by atoms with Crippen molar-refractivity contribution in [3.8, 4) is 5.75 Å². The van der Waals surface area contributed by atoms with Crippen LogP contribution in [0.25, 0.3) is 0 Å². The van der Waals surface area contributed by atoms with Gasteiger partial charge in [-0.3, -0.25) is 4.90 Å². The van der Waals surface area contributed by atoms with Crippen molar-refractivity contribution >= 4 is 11.6 Å². The minimum Gasteiger partial charge on any atom is -0.496 e. The zero-order valence-electron chi connectivity index (χ0n) is 19.3. The molecular formula is C28H32ClNO3. The monoisotopic (exact) mass is 465 g/mol. The number of morpholine rings is 1. The van der Waals surface area contributed by atoms with E-state index in [0.29, 0.717) is 30.5 Å². The van der Waals surface area contributed by atoms with Crippen LogP contribution < -0.4 is 4.74 Å². The van der Waals surface area contributed by atoms with Gasteiger partial charge in [0.15, 0.2) is 0 Å². The van der Waals surface area contributed by atoms with Crippen LogP contribution in [-0.2, 0) is 16.8 Å². The number of nitrogens with zero attached hydrogens (tertiary/aromatic N) is 1. The van der Waals surface area contributed by atoms with Gasteiger partial charge in [0.1, 0.15) is 11.4 Å². The van der Waals surface area contributed by atoms with Crippen LogP contribution in [0.2, 0.25) is 5.02 Å². The first-order valence-corrected chi connectivity index (χ1v) is 11.9. The summed E-state index contributed by atoms with van der Waals surface area (Å²) >= 11 is 6.23. The molecule has 2 atom stereocenters. The number of methoxy groups -OCH3 is 1. The molecular weight excluding hydrogens is 434 g/mol. The quantitative estimate of drug-likeness (QED) is 0.492. The molecule has 0 radical (unpaired) electrons. The smallest absolute Gasteiger partial charge is 0.126 e. The summed E-state index contributed by atoms with van der Waals surface area (Å²) in [5.74, 6) is 0.414. The van der Waals surface area contributed by atoms with Crippen molar-refractivity contribution in [2.75, 3.05) is 40.0 Å². The van der Waals surface area contributed by atoms with Crippen LogP contribution in [-0.4, -0.2) is 50.0 Å². The van der Waals surface area contributed by atoms with Gasteiger partial charge >= 0.3 is 0 Å². The van der Waals surface area contributed by atoms with Crippen LogP contribution in [0, 0.1) is 0 Å². The van der Waals surface area contributed by atoms with Gasteiger partial charge < -0.3 is 14.6 Å². The average Bonchev–Trinajstić information content (AvgIpc) is 2.88. The summed E-state index contributed by atoms with van der Waals surface area (Å²) in [4.78, 5) is 2.36. The van der Waals surface area contributed by atoms with Gasteiger partial charge in [-0.2, -0.15) is 0 Å². The minimum absolute atomic E-state index is 0.253. The molecule has 0 saturated carbocycles. The normalized spacial score (nSPS) is 17.3. The number of para-hydroxylation sites is 1. The fourth-order valence-electron chi connectivity index (χ4n) is 4.71. The van der Waals surface area contributed by atoms with Crippen LogP contribution in [0.1, 0.15) is 35.1 Å². The minimum atomic E-state index is -1.31. The topological polar surface area (TPSA) is 41.9 Å². The predicted molar refractivity (Wildman–Crippen MR) is 133 cm³/mol. The summed E-state index contributed by atoms with van der Waals surface area (Å²) in [6, 6.07) is 23.9. The molecule has 1 fully saturated rings. The van der Waals surface area contributed by atoms with E-state index in [9.17, 15) is 5.11 Å². The van der Waals surface area contributed by atoms with Gasteiger partial charge in [-0.25, -0.2) is 0 Å². The van der Waals surface area contributed by atoms with Crippen molar-refractivity contribution in [3.05, 3.63) is 100 Å². The second-order valence-electron chi connectivity index (χ2n) is 8.53. The van der Waals surface area contributed by atoms with Gasteiger partial charge in [0.25, 0.3) is 0 Å². The van der Waals surface area contributed by atoms with Crippen LogP contribution in [0.5, 0.6) is 5.75 Å². The number of halogens is 1. The first kappa shape index (κ1) is 23.8. The molecule has 3 aromatic carbocycles. The molecule has 0 aliphatic carbocycles. The zero-order valence-corrected chi connectivity index (χ0v) is 20.1. The van der Waals surface area contributed by atoms with Crippen molar-refractivity contribution < 1.29 is 14.6 Å². The Kier molecular flexibility index (Phi) is 7.71. The van der Waals surface area contributed by atoms with Gasteiger partial charge in [0.05, 0.1) is 20.3 Å². The third-order valence-corrected chi connectivity index (χ3v) is 6.89. The summed E-state index contributed by atoms with van der Waals surface area (Å²) < 4.78 is 11.3. The third-order valence-electron chi connectivity index (χ3n) is 6.64. The fraction of sp³-hybridized carbons (Fsp3) is 0.357. The Labute approximate surface area is 201 Å². The molecule has 1 heterocycles. The number of aryl methyl sites for hydroxylation is 1. The first-order chi connectivity index (χ1) is 16.1. The molecule has 1 aliphatic heterocycles. The molecule has 3 aromatic rings. The van der Waals surface area contributed by atoms with Crippen LogP contribution in [0.3, 0.4) is 0 Å². The third kappa shape index (κ3) is 5.10. The Morgan fingerprint density at radius 2 is 1.67 bits per heavy atom. The van der Waals surface area contributed by atoms with E-state index in [2.05, 4.69) is 24.0 Å². The molecule has 174 valence electrons. The summed E-state index contributed by atoms with van der Waals surface area (Å²) in [6.07, 6.45) is 0.946. The molecule has 0 amide bonds. The van der Waals surface area contributed by atoms with E-state index in [1.165, 1.54) is 5.56 Å². The molecule has 5 heteroatoms. The van der Waals surface area contributed by atoms with E-state index in [4.69, 9.17) is 21.1 Å². The summed E-state index contributed by atoms with van der Waals surface area (Å²) in [7, 11) is 1.65. The lowest BCUT2D eigenvalue weighted by molar-refractivity contribution is -0.000140. The van der Waals surface area contributed by atoms with Crippen LogP contribution >= 0.6 is 11.6 Å². The van der Waals surface area contributed by atoms with Gasteiger partial charge in [-0.15, -0.1) is 0 Å². The summed E-state index contributed by atoms with van der Waals surface area (Å²) in [5.41, 5.74) is 2.55. The second kappa shape index (κ2) is 10.7. The highest BCUT2D eigenvalue weighted by molar-refractivity contribution is 6.30. The maximum absolute atomic E-state index is 12.8. The zero-order chi connectivity index (χ0) is 23.3. The maximum atomic E-state index is 12.8. The molecule has 1 saturated heterocycles. The number of benzene rings is 3. The van der Waals surface area contributed by atoms with Gasteiger partial charge in [0, 0.05) is 36.1 Å². The van der Waals surface area contributed by atoms with E-state index in [-0.39, 0.29) is 5.92 Å². The fourth-order valence-corrected chi connectivity index (χ4v) is 4.84. The van der Waals surface area contributed by atoms with Gasteiger partial charge in [0.2, 0.25) is 0 Å². The standard InChI is InChI=1S/C28H32ClNO3/c1-3-21-8-12-23(13-9-21)28(31,25-6-4-5-7-27(25)32-2)26(20-30-16-18-33-19-17-30)22-10-14-24(29)15-11-22/h4-15,26,31H,3,16-20H2,1-2H3/t26-,28-/m1/s1. The average molecular weight is 466 g/mol. The SMILES string of the molecule is CCc1ccc([C@@](O)(c2ccccc2OC)[C@H](CN2CCOCC2)c2ccc(Cl)cc2)cc1. The Hall–Kier alpha value is -2.37. The number of hydrogen-bond acceptors (Lipinski definition) is 4. The molecule has 4 nitrogen and oxygen atoms in total. The largest absolute Gasteiger partial charge is 0.496 e. The van der Waals surface area contributed by atoms with E-state index in [1.807, 2.05) is 60.7 Å². The number of hydrogen-bond donors (Lipinski definition) is 1. The van der Waals surface area contributed by atoms with Crippen molar-refractivity contribution in [1.82, 2.24) is 4.90 Å². The molecule has 0 aromatic heterocycles. The lowest BCUT2D eigenvalue weighted by atomic mass is 9.72. The van der Waals surface area contributed by atoms with Crippen molar-refractivity contribution in [3.63, 3.8) is 0 Å². The van der Waals surface area contributed by atoms with E-state index >= 15 is 0 Å². The molecule has 0 bridgehead atoms. The summed E-state index contributed by atoms with van der Waals surface area (Å²) in [5, 5.41) is 13.4. The van der Waals surface area contributed by atoms with Crippen LogP contribution in [0.4, 0.5) is 0 Å². The Bertz CT molecular complexity index is 1030. The molecule has 33 heavy (non-hydrogen) atoms. The Balaban J connectivity index is 1.90. The molecule has 1 N–H and O–H groups in total. The van der Waals surface area contributed by atoms with Crippen molar-refractivity contribution in [1.29, 1.82) is 0 Å².